The molecule has 1 aromatic heterocycles. The molecule has 0 amide bonds. The van der Waals surface area contributed by atoms with Gasteiger partial charge in [0, 0.05) is 41.1 Å². The van der Waals surface area contributed by atoms with Crippen molar-refractivity contribution >= 4 is 17.7 Å². The van der Waals surface area contributed by atoms with Gasteiger partial charge in [0.1, 0.15) is 11.4 Å². The van der Waals surface area contributed by atoms with Crippen molar-refractivity contribution in [1.82, 2.24) is 0 Å². The molecule has 0 bridgehead atoms. The molecule has 2 aliphatic heterocycles. The number of ketones is 1. The zero-order valence-electron chi connectivity index (χ0n) is 21.9. The summed E-state index contributed by atoms with van der Waals surface area (Å²) in [7, 11) is 0. The number of hydrogen-bond donors (Lipinski definition) is 3. The predicted molar refractivity (Wildman–Crippen MR) is 119 cm³/mol. The van der Waals surface area contributed by atoms with Crippen molar-refractivity contribution in [3.05, 3.63) is 24.2 Å². The summed E-state index contributed by atoms with van der Waals surface area (Å²) in [4.78, 5) is 38.2. The molecule has 4 aliphatic rings. The standard InChI is InChI=1S/C26H34O10.Na/c1-22(2)15-9-16(28)24(4)14(25(15,12-27)17(35-22)10-18(29)30)5-7-23(3,19(31)13-6-8-34-11-13)26(24)20(36-26)21(32)33;/h6,8,11,14-15,17,19-20,27,31H,5,7,9-10,12H2,1-4H3,(H,29,30)(H,32,33);/q;+1/p-1/t14-,15-,17-,19-,20+,23-,24-,25+,26+;/m0./s1. The van der Waals surface area contributed by atoms with Gasteiger partial charge in [0.15, 0.2) is 6.10 Å². The van der Waals surface area contributed by atoms with Gasteiger partial charge in [-0.05, 0) is 45.6 Å². The van der Waals surface area contributed by atoms with Gasteiger partial charge >= 0.3 is 35.5 Å². The van der Waals surface area contributed by atoms with Crippen molar-refractivity contribution < 1.29 is 78.3 Å². The van der Waals surface area contributed by atoms with Gasteiger partial charge in [0.05, 0.1) is 42.4 Å². The van der Waals surface area contributed by atoms with Crippen molar-refractivity contribution in [3.8, 4) is 0 Å². The van der Waals surface area contributed by atoms with Crippen LogP contribution in [0.5, 0.6) is 0 Å². The van der Waals surface area contributed by atoms with E-state index >= 15 is 0 Å². The third kappa shape index (κ3) is 3.39. The first-order valence-corrected chi connectivity index (χ1v) is 12.4. The Morgan fingerprint density at radius 2 is 1.86 bits per heavy atom. The molecule has 0 aromatic carbocycles. The second-order valence-electron chi connectivity index (χ2n) is 12.0. The van der Waals surface area contributed by atoms with E-state index < -0.39 is 82.6 Å². The van der Waals surface area contributed by atoms with Gasteiger partial charge in [-0.25, -0.2) is 4.79 Å². The zero-order chi connectivity index (χ0) is 26.5. The Balaban J connectivity index is 0.00000320. The Morgan fingerprint density at radius 1 is 1.19 bits per heavy atom. The van der Waals surface area contributed by atoms with E-state index in [4.69, 9.17) is 13.9 Å². The summed E-state index contributed by atoms with van der Waals surface area (Å²) in [6.07, 6.45) is -0.614. The van der Waals surface area contributed by atoms with Gasteiger partial charge in [-0.2, -0.15) is 0 Å². The third-order valence-electron chi connectivity index (χ3n) is 10.3. The van der Waals surface area contributed by atoms with E-state index in [1.165, 1.54) is 12.5 Å². The molecule has 2 saturated heterocycles. The van der Waals surface area contributed by atoms with Crippen LogP contribution in [-0.4, -0.2) is 63.1 Å². The summed E-state index contributed by atoms with van der Waals surface area (Å²) in [5, 5.41) is 44.3. The number of carbonyl (C=O) groups excluding carboxylic acids is 2. The van der Waals surface area contributed by atoms with E-state index in [-0.39, 0.29) is 48.2 Å². The minimum absolute atomic E-state index is 0. The summed E-state index contributed by atoms with van der Waals surface area (Å²) in [6.45, 7) is 6.52. The maximum Gasteiger partial charge on any atom is 1.00 e. The fraction of sp³-hybridized carbons (Fsp3) is 0.731. The van der Waals surface area contributed by atoms with Crippen LogP contribution in [0.3, 0.4) is 0 Å². The number of fused-ring (bicyclic) bond motifs is 4. The molecule has 10 nitrogen and oxygen atoms in total. The van der Waals surface area contributed by atoms with Crippen molar-refractivity contribution in [3.63, 3.8) is 0 Å². The molecule has 1 spiro atoms. The molecule has 3 N–H and O–H groups in total. The molecular formula is C26H33NaO10. The number of aliphatic hydroxyl groups excluding tert-OH is 2. The monoisotopic (exact) mass is 528 g/mol. The Labute approximate surface area is 237 Å². The van der Waals surface area contributed by atoms with Crippen LogP contribution in [0.15, 0.2) is 23.0 Å². The quantitative estimate of drug-likeness (QED) is 0.273. The summed E-state index contributed by atoms with van der Waals surface area (Å²) in [5.74, 6) is -3.96. The van der Waals surface area contributed by atoms with Crippen LogP contribution in [0.4, 0.5) is 0 Å². The summed E-state index contributed by atoms with van der Waals surface area (Å²) >= 11 is 0. The maximum absolute atomic E-state index is 14.1. The topological polar surface area (TPSA) is 170 Å². The Morgan fingerprint density at radius 3 is 2.38 bits per heavy atom. The number of carbonyl (C=O) groups is 3. The molecular weight excluding hydrogens is 495 g/mol. The molecule has 2 saturated carbocycles. The summed E-state index contributed by atoms with van der Waals surface area (Å²) < 4.78 is 17.4. The molecule has 5 rings (SSSR count). The SMILES string of the molecule is CC1(C)O[C@@H](CC(=O)[O-])[C@]2(CO)[C@H]3CC[C@@](C)([C@@H](O)c4ccoc4)[C@@]4(O[C@@H]4C(=O)O)[C@]3(C)C(=O)C[C@@H]12.[Na+]. The van der Waals surface area contributed by atoms with Crippen molar-refractivity contribution in [1.29, 1.82) is 0 Å². The maximum atomic E-state index is 14.1. The number of ether oxygens (including phenoxy) is 2. The minimum Gasteiger partial charge on any atom is -0.550 e. The number of epoxide rings is 1. The average Bonchev–Trinajstić information content (AvgIpc) is 3.27. The van der Waals surface area contributed by atoms with Gasteiger partial charge in [-0.15, -0.1) is 0 Å². The third-order valence-corrected chi connectivity index (χ3v) is 10.3. The van der Waals surface area contributed by atoms with Crippen LogP contribution in [-0.2, 0) is 23.9 Å². The second kappa shape index (κ2) is 8.87. The van der Waals surface area contributed by atoms with E-state index in [9.17, 15) is 34.8 Å². The molecule has 1 aromatic rings. The van der Waals surface area contributed by atoms with Crippen molar-refractivity contribution in [2.75, 3.05) is 6.61 Å². The normalized spacial score (nSPS) is 44.4. The fourth-order valence-corrected chi connectivity index (χ4v) is 8.76. The van der Waals surface area contributed by atoms with Crippen LogP contribution >= 0.6 is 0 Å². The second-order valence-corrected chi connectivity index (χ2v) is 12.0. The Kier molecular flexibility index (Phi) is 6.89. The number of rotatable bonds is 6. The Hall–Kier alpha value is -1.27. The predicted octanol–water partition coefficient (Wildman–Crippen LogP) is -2.15. The number of aliphatic carboxylic acids is 2. The summed E-state index contributed by atoms with van der Waals surface area (Å²) in [5.41, 5.74) is -5.83. The van der Waals surface area contributed by atoms with Crippen LogP contribution in [0.1, 0.15) is 65.0 Å². The van der Waals surface area contributed by atoms with Gasteiger partial charge < -0.3 is 39.1 Å². The molecule has 0 radical (unpaired) electrons. The minimum atomic E-state index is -1.59. The fourth-order valence-electron chi connectivity index (χ4n) is 8.76. The van der Waals surface area contributed by atoms with Gasteiger partial charge in [0.2, 0.25) is 0 Å². The van der Waals surface area contributed by atoms with E-state index in [1.54, 1.807) is 33.8 Å². The number of aliphatic hydroxyl groups is 2. The molecule has 2 aliphatic carbocycles. The molecule has 37 heavy (non-hydrogen) atoms. The first-order chi connectivity index (χ1) is 16.7. The largest absolute Gasteiger partial charge is 1.00 e. The molecule has 198 valence electrons. The molecule has 9 atom stereocenters. The number of furan rings is 1. The molecule has 3 heterocycles. The zero-order valence-corrected chi connectivity index (χ0v) is 23.9. The molecule has 4 fully saturated rings. The van der Waals surface area contributed by atoms with Crippen LogP contribution in [0, 0.1) is 28.1 Å². The molecule has 0 unspecified atom stereocenters. The molecule has 11 heteroatoms. The van der Waals surface area contributed by atoms with Crippen LogP contribution < -0.4 is 34.7 Å². The average molecular weight is 529 g/mol. The van der Waals surface area contributed by atoms with Gasteiger partial charge in [-0.1, -0.05) is 6.92 Å². The van der Waals surface area contributed by atoms with Crippen LogP contribution in [0.25, 0.3) is 0 Å². The van der Waals surface area contributed by atoms with Gasteiger partial charge in [0.25, 0.3) is 0 Å². The number of carboxylic acids is 2. The van der Waals surface area contributed by atoms with Gasteiger partial charge in [-0.3, -0.25) is 4.79 Å². The first-order valence-electron chi connectivity index (χ1n) is 12.4. The van der Waals surface area contributed by atoms with E-state index in [1.807, 2.05) is 0 Å². The van der Waals surface area contributed by atoms with E-state index in [0.29, 0.717) is 12.0 Å². The van der Waals surface area contributed by atoms with E-state index in [2.05, 4.69) is 0 Å². The number of hydrogen-bond acceptors (Lipinski definition) is 9. The Bertz CT molecular complexity index is 1100. The first kappa shape index (κ1) is 28.7. The smallest absolute Gasteiger partial charge is 0.550 e. The number of carboxylic acid groups (broad SMARTS) is 2. The van der Waals surface area contributed by atoms with Crippen LogP contribution in [0.2, 0.25) is 0 Å². The summed E-state index contributed by atoms with van der Waals surface area (Å²) in [6, 6.07) is 1.59. The van der Waals surface area contributed by atoms with Crippen molar-refractivity contribution in [2.24, 2.45) is 28.1 Å². The number of Topliss-reactive ketones (excluding diaryl/α,β-unsaturated/α-hetero) is 1. The van der Waals surface area contributed by atoms with Crippen molar-refractivity contribution in [2.45, 2.75) is 82.9 Å². The van der Waals surface area contributed by atoms with E-state index in [0.717, 1.165) is 0 Å².